The minimum absolute atomic E-state index is 0.0992. The molecule has 1 saturated heterocycles. The fourth-order valence-electron chi connectivity index (χ4n) is 2.68. The van der Waals surface area contributed by atoms with Gasteiger partial charge < -0.3 is 15.0 Å². The first-order valence-electron chi connectivity index (χ1n) is 7.78. The van der Waals surface area contributed by atoms with Crippen LogP contribution in [-0.2, 0) is 19.1 Å². The van der Waals surface area contributed by atoms with E-state index in [1.54, 1.807) is 4.90 Å². The minimum atomic E-state index is -0.713. The number of benzene rings is 1. The molecule has 0 radical (unpaired) electrons. The number of anilines is 1. The van der Waals surface area contributed by atoms with E-state index in [0.29, 0.717) is 6.54 Å². The topological polar surface area (TPSA) is 75.7 Å². The summed E-state index contributed by atoms with van der Waals surface area (Å²) >= 11 is 3.42. The standard InChI is InChI=1S/C17H21BrN2O4/c1-10(2)15(17(23)24-3)19-16(22)11-8-14(21)20(9-11)13-7-5-4-6-12(13)18/h4-7,10-11,15H,8-9H2,1-3H3,(H,19,22). The van der Waals surface area contributed by atoms with Crippen LogP contribution < -0.4 is 10.2 Å². The first-order chi connectivity index (χ1) is 11.3. The molecule has 1 aliphatic rings. The largest absolute Gasteiger partial charge is 0.467 e. The van der Waals surface area contributed by atoms with Crippen LogP contribution >= 0.6 is 15.9 Å². The van der Waals surface area contributed by atoms with Gasteiger partial charge in [0.2, 0.25) is 11.8 Å². The molecule has 1 fully saturated rings. The smallest absolute Gasteiger partial charge is 0.328 e. The average Bonchev–Trinajstić information content (AvgIpc) is 2.93. The van der Waals surface area contributed by atoms with Gasteiger partial charge in [-0.3, -0.25) is 9.59 Å². The van der Waals surface area contributed by atoms with Crippen molar-refractivity contribution in [3.05, 3.63) is 28.7 Å². The maximum Gasteiger partial charge on any atom is 0.328 e. The van der Waals surface area contributed by atoms with Gasteiger partial charge in [0.05, 0.1) is 18.7 Å². The molecule has 2 unspecified atom stereocenters. The first kappa shape index (κ1) is 18.4. The zero-order valence-corrected chi connectivity index (χ0v) is 15.5. The second-order valence-corrected chi connectivity index (χ2v) is 6.96. The van der Waals surface area contributed by atoms with Crippen LogP contribution in [0.1, 0.15) is 20.3 Å². The third-order valence-electron chi connectivity index (χ3n) is 4.06. The van der Waals surface area contributed by atoms with Crippen molar-refractivity contribution in [2.75, 3.05) is 18.6 Å². The molecule has 6 nitrogen and oxygen atoms in total. The molecule has 24 heavy (non-hydrogen) atoms. The van der Waals surface area contributed by atoms with Gasteiger partial charge in [0.25, 0.3) is 0 Å². The van der Waals surface area contributed by atoms with E-state index >= 15 is 0 Å². The lowest BCUT2D eigenvalue weighted by atomic mass is 10.0. The van der Waals surface area contributed by atoms with E-state index in [-0.39, 0.29) is 24.2 Å². The molecule has 1 aromatic rings. The van der Waals surface area contributed by atoms with Crippen LogP contribution in [0.5, 0.6) is 0 Å². The maximum atomic E-state index is 12.5. The number of esters is 1. The lowest BCUT2D eigenvalue weighted by Crippen LogP contribution is -2.47. The average molecular weight is 397 g/mol. The summed E-state index contributed by atoms with van der Waals surface area (Å²) in [7, 11) is 1.29. The van der Waals surface area contributed by atoms with Crippen molar-refractivity contribution >= 4 is 39.4 Å². The number of ether oxygens (including phenoxy) is 1. The summed E-state index contributed by atoms with van der Waals surface area (Å²) in [5.41, 5.74) is 0.742. The number of halogens is 1. The number of hydrogen-bond donors (Lipinski definition) is 1. The van der Waals surface area contributed by atoms with Gasteiger partial charge in [-0.05, 0) is 34.0 Å². The predicted molar refractivity (Wildman–Crippen MR) is 93.4 cm³/mol. The molecule has 0 aliphatic carbocycles. The number of carbonyl (C=O) groups excluding carboxylic acids is 3. The van der Waals surface area contributed by atoms with E-state index in [2.05, 4.69) is 21.2 Å². The van der Waals surface area contributed by atoms with E-state index in [1.807, 2.05) is 38.1 Å². The van der Waals surface area contributed by atoms with Crippen molar-refractivity contribution in [2.24, 2.45) is 11.8 Å². The predicted octanol–water partition coefficient (Wildman–Crippen LogP) is 2.12. The van der Waals surface area contributed by atoms with E-state index < -0.39 is 17.9 Å². The van der Waals surface area contributed by atoms with E-state index in [0.717, 1.165) is 10.2 Å². The van der Waals surface area contributed by atoms with Crippen LogP contribution in [0.3, 0.4) is 0 Å². The number of amides is 2. The van der Waals surface area contributed by atoms with Gasteiger partial charge in [-0.1, -0.05) is 26.0 Å². The molecule has 2 rings (SSSR count). The summed E-state index contributed by atoms with van der Waals surface area (Å²) in [6, 6.07) is 6.67. The van der Waals surface area contributed by atoms with Gasteiger partial charge in [0.1, 0.15) is 6.04 Å². The third kappa shape index (κ3) is 3.95. The molecule has 2 atom stereocenters. The third-order valence-corrected chi connectivity index (χ3v) is 4.73. The highest BCUT2D eigenvalue weighted by Gasteiger charge is 2.37. The Kier molecular flexibility index (Phi) is 5.99. The van der Waals surface area contributed by atoms with Gasteiger partial charge in [0, 0.05) is 17.4 Å². The number of rotatable bonds is 5. The summed E-state index contributed by atoms with van der Waals surface area (Å²) in [5, 5.41) is 2.71. The summed E-state index contributed by atoms with van der Waals surface area (Å²) in [6.07, 6.45) is 0.124. The lowest BCUT2D eigenvalue weighted by molar-refractivity contribution is -0.146. The number of nitrogens with one attached hydrogen (secondary N) is 1. The van der Waals surface area contributed by atoms with Crippen molar-refractivity contribution in [3.8, 4) is 0 Å². The molecule has 1 heterocycles. The van der Waals surface area contributed by atoms with Gasteiger partial charge in [-0.15, -0.1) is 0 Å². The zero-order chi connectivity index (χ0) is 17.9. The van der Waals surface area contributed by atoms with Gasteiger partial charge in [-0.25, -0.2) is 4.79 Å². The number of para-hydroxylation sites is 1. The van der Waals surface area contributed by atoms with Gasteiger partial charge in [0.15, 0.2) is 0 Å². The van der Waals surface area contributed by atoms with Crippen LogP contribution in [0.4, 0.5) is 5.69 Å². The Labute approximate surface area is 149 Å². The summed E-state index contributed by atoms with van der Waals surface area (Å²) in [4.78, 5) is 38.1. The Morgan fingerprint density at radius 3 is 2.58 bits per heavy atom. The fraction of sp³-hybridized carbons (Fsp3) is 0.471. The number of nitrogens with zero attached hydrogens (tertiary/aromatic N) is 1. The monoisotopic (exact) mass is 396 g/mol. The molecule has 130 valence electrons. The van der Waals surface area contributed by atoms with E-state index in [9.17, 15) is 14.4 Å². The molecule has 7 heteroatoms. The Morgan fingerprint density at radius 1 is 1.33 bits per heavy atom. The Hall–Kier alpha value is -1.89. The summed E-state index contributed by atoms with van der Waals surface area (Å²) in [6.45, 7) is 3.95. The number of hydrogen-bond acceptors (Lipinski definition) is 4. The molecule has 1 N–H and O–H groups in total. The van der Waals surface area contributed by atoms with Crippen LogP contribution in [0.2, 0.25) is 0 Å². The lowest BCUT2D eigenvalue weighted by Gasteiger charge is -2.22. The molecular weight excluding hydrogens is 376 g/mol. The highest BCUT2D eigenvalue weighted by Crippen LogP contribution is 2.31. The fourth-order valence-corrected chi connectivity index (χ4v) is 3.18. The number of methoxy groups -OCH3 is 1. The highest BCUT2D eigenvalue weighted by molar-refractivity contribution is 9.10. The second kappa shape index (κ2) is 7.79. The Balaban J connectivity index is 2.09. The second-order valence-electron chi connectivity index (χ2n) is 6.11. The SMILES string of the molecule is COC(=O)C(NC(=O)C1CC(=O)N(c2ccccc2Br)C1)C(C)C. The molecule has 1 aliphatic heterocycles. The highest BCUT2D eigenvalue weighted by atomic mass is 79.9. The molecule has 2 amide bonds. The normalized spacial score (nSPS) is 18.6. The van der Waals surface area contributed by atoms with Crippen LogP contribution in [0, 0.1) is 11.8 Å². The van der Waals surface area contributed by atoms with E-state index in [4.69, 9.17) is 4.74 Å². The minimum Gasteiger partial charge on any atom is -0.467 e. The van der Waals surface area contributed by atoms with Crippen molar-refractivity contribution in [3.63, 3.8) is 0 Å². The maximum absolute atomic E-state index is 12.5. The molecule has 0 spiro atoms. The number of carbonyl (C=O) groups is 3. The van der Waals surface area contributed by atoms with Crippen LogP contribution in [0.15, 0.2) is 28.7 Å². The summed E-state index contributed by atoms with van der Waals surface area (Å²) < 4.78 is 5.53. The molecule has 0 bridgehead atoms. The molecular formula is C17H21BrN2O4. The summed E-state index contributed by atoms with van der Waals surface area (Å²) in [5.74, 6) is -1.48. The van der Waals surface area contributed by atoms with Crippen molar-refractivity contribution in [1.82, 2.24) is 5.32 Å². The van der Waals surface area contributed by atoms with Crippen molar-refractivity contribution < 1.29 is 19.1 Å². The van der Waals surface area contributed by atoms with Gasteiger partial charge >= 0.3 is 5.97 Å². The quantitative estimate of drug-likeness (QED) is 0.773. The van der Waals surface area contributed by atoms with E-state index in [1.165, 1.54) is 7.11 Å². The Bertz CT molecular complexity index is 647. The molecule has 1 aromatic carbocycles. The van der Waals surface area contributed by atoms with Crippen molar-refractivity contribution in [2.45, 2.75) is 26.3 Å². The molecule has 0 saturated carbocycles. The first-order valence-corrected chi connectivity index (χ1v) is 8.57. The Morgan fingerprint density at radius 2 is 2.00 bits per heavy atom. The van der Waals surface area contributed by atoms with Crippen molar-refractivity contribution in [1.29, 1.82) is 0 Å². The van der Waals surface area contributed by atoms with Crippen LogP contribution in [0.25, 0.3) is 0 Å². The zero-order valence-electron chi connectivity index (χ0n) is 13.9. The van der Waals surface area contributed by atoms with Crippen LogP contribution in [-0.4, -0.2) is 37.5 Å². The molecule has 0 aromatic heterocycles. The van der Waals surface area contributed by atoms with Gasteiger partial charge in [-0.2, -0.15) is 0 Å².